The molecule has 0 radical (unpaired) electrons. The number of hydrogen-bond acceptors (Lipinski definition) is 4. The number of para-hydroxylation sites is 1. The van der Waals surface area contributed by atoms with Crippen molar-refractivity contribution in [2.24, 2.45) is 0 Å². The topological polar surface area (TPSA) is 53.8 Å². The van der Waals surface area contributed by atoms with Gasteiger partial charge in [0.1, 0.15) is 23.2 Å². The lowest BCUT2D eigenvalue weighted by Crippen LogP contribution is -2.49. The summed E-state index contributed by atoms with van der Waals surface area (Å²) in [6.07, 6.45) is 1.25. The first-order chi connectivity index (χ1) is 12.6. The van der Waals surface area contributed by atoms with Crippen LogP contribution in [0.5, 0.6) is 0 Å². The van der Waals surface area contributed by atoms with E-state index in [1.807, 2.05) is 0 Å². The average Bonchev–Trinajstić information content (AvgIpc) is 2.69. The Morgan fingerprint density at radius 2 is 1.65 bits per heavy atom. The third-order valence-corrected chi connectivity index (χ3v) is 4.67. The van der Waals surface area contributed by atoms with Crippen LogP contribution in [0.15, 0.2) is 64.0 Å². The van der Waals surface area contributed by atoms with Crippen LogP contribution in [0.3, 0.4) is 0 Å². The number of carbonyl (C=O) groups excluding carboxylic acids is 1. The first-order valence-corrected chi connectivity index (χ1v) is 8.44. The van der Waals surface area contributed by atoms with Crippen molar-refractivity contribution < 1.29 is 13.6 Å². The molecule has 1 aliphatic rings. The molecule has 0 atom stereocenters. The number of fused-ring (bicyclic) bond motifs is 1. The van der Waals surface area contributed by atoms with Gasteiger partial charge in [-0.25, -0.2) is 4.39 Å². The van der Waals surface area contributed by atoms with Gasteiger partial charge in [-0.1, -0.05) is 12.1 Å². The van der Waals surface area contributed by atoms with E-state index in [0.717, 1.165) is 5.69 Å². The zero-order chi connectivity index (χ0) is 18.1. The summed E-state index contributed by atoms with van der Waals surface area (Å²) >= 11 is 0. The maximum Gasteiger partial charge on any atom is 0.261 e. The van der Waals surface area contributed by atoms with Crippen LogP contribution in [0.4, 0.5) is 10.1 Å². The number of halogens is 1. The fraction of sp³-hybridized carbons (Fsp3) is 0.200. The van der Waals surface area contributed by atoms with Gasteiger partial charge in [0.15, 0.2) is 0 Å². The molecule has 1 fully saturated rings. The minimum absolute atomic E-state index is 0.0546. The van der Waals surface area contributed by atoms with E-state index in [1.54, 1.807) is 41.3 Å². The summed E-state index contributed by atoms with van der Waals surface area (Å²) in [5.74, 6) is -0.589. The predicted molar refractivity (Wildman–Crippen MR) is 97.0 cm³/mol. The Bertz CT molecular complexity index is 1010. The molecule has 1 aromatic heterocycles. The summed E-state index contributed by atoms with van der Waals surface area (Å²) in [5, 5.41) is 0.406. The van der Waals surface area contributed by atoms with E-state index in [0.29, 0.717) is 37.1 Å². The highest BCUT2D eigenvalue weighted by molar-refractivity contribution is 5.96. The van der Waals surface area contributed by atoms with Crippen molar-refractivity contribution in [3.05, 3.63) is 76.4 Å². The van der Waals surface area contributed by atoms with E-state index in [2.05, 4.69) is 4.90 Å². The molecule has 2 heterocycles. The Labute approximate surface area is 149 Å². The molecule has 0 saturated carbocycles. The van der Waals surface area contributed by atoms with E-state index in [4.69, 9.17) is 4.42 Å². The van der Waals surface area contributed by atoms with Crippen molar-refractivity contribution in [3.8, 4) is 0 Å². The van der Waals surface area contributed by atoms with Crippen molar-refractivity contribution in [1.29, 1.82) is 0 Å². The quantitative estimate of drug-likeness (QED) is 0.712. The monoisotopic (exact) mass is 352 g/mol. The molecule has 1 saturated heterocycles. The van der Waals surface area contributed by atoms with Crippen LogP contribution in [0, 0.1) is 5.82 Å². The van der Waals surface area contributed by atoms with Crippen LogP contribution < -0.4 is 10.3 Å². The van der Waals surface area contributed by atoms with Crippen LogP contribution in [0.25, 0.3) is 11.0 Å². The Balaban J connectivity index is 1.51. The molecule has 0 unspecified atom stereocenters. The lowest BCUT2D eigenvalue weighted by molar-refractivity contribution is 0.0743. The van der Waals surface area contributed by atoms with Crippen molar-refractivity contribution in [1.82, 2.24) is 4.90 Å². The molecule has 0 bridgehead atoms. The molecule has 132 valence electrons. The van der Waals surface area contributed by atoms with Gasteiger partial charge in [0.25, 0.3) is 5.91 Å². The smallest absolute Gasteiger partial charge is 0.261 e. The number of anilines is 1. The largest absolute Gasteiger partial charge is 0.463 e. The Hall–Kier alpha value is -3.15. The van der Waals surface area contributed by atoms with Gasteiger partial charge in [-0.3, -0.25) is 9.59 Å². The highest BCUT2D eigenvalue weighted by Gasteiger charge is 2.25. The fourth-order valence-corrected chi connectivity index (χ4v) is 3.22. The molecule has 0 aliphatic carbocycles. The maximum absolute atomic E-state index is 13.0. The van der Waals surface area contributed by atoms with E-state index >= 15 is 0 Å². The summed E-state index contributed by atoms with van der Waals surface area (Å²) in [6.45, 7) is 2.22. The maximum atomic E-state index is 13.0. The molecule has 6 heteroatoms. The molecular formula is C20H17FN2O3. The van der Waals surface area contributed by atoms with E-state index in [9.17, 15) is 14.0 Å². The second kappa shape index (κ2) is 6.63. The van der Waals surface area contributed by atoms with Gasteiger partial charge in [0.2, 0.25) is 5.43 Å². The standard InChI is InChI=1S/C20H17FN2O3/c21-14-5-7-15(8-6-14)22-9-11-23(12-10-22)20(25)17-13-26-18-4-2-1-3-16(18)19(17)24/h1-8,13H,9-12H2. The number of piperazine rings is 1. The molecule has 3 aromatic rings. The summed E-state index contributed by atoms with van der Waals surface area (Å²) in [6, 6.07) is 13.2. The number of nitrogens with zero attached hydrogens (tertiary/aromatic N) is 2. The zero-order valence-corrected chi connectivity index (χ0v) is 14.0. The van der Waals surface area contributed by atoms with Crippen molar-refractivity contribution >= 4 is 22.6 Å². The molecule has 5 nitrogen and oxygen atoms in total. The third-order valence-electron chi connectivity index (χ3n) is 4.67. The van der Waals surface area contributed by atoms with Crippen LogP contribution in [0.1, 0.15) is 10.4 Å². The van der Waals surface area contributed by atoms with Gasteiger partial charge in [0, 0.05) is 31.9 Å². The first-order valence-electron chi connectivity index (χ1n) is 8.44. The highest BCUT2D eigenvalue weighted by Crippen LogP contribution is 2.18. The Morgan fingerprint density at radius 1 is 0.962 bits per heavy atom. The number of hydrogen-bond donors (Lipinski definition) is 0. The van der Waals surface area contributed by atoms with Crippen molar-refractivity contribution in [3.63, 3.8) is 0 Å². The van der Waals surface area contributed by atoms with E-state index < -0.39 is 0 Å². The van der Waals surface area contributed by atoms with Gasteiger partial charge < -0.3 is 14.2 Å². The molecule has 0 N–H and O–H groups in total. The van der Waals surface area contributed by atoms with Gasteiger partial charge in [-0.2, -0.15) is 0 Å². The SMILES string of the molecule is O=C(c1coc2ccccc2c1=O)N1CCN(c2ccc(F)cc2)CC1. The number of rotatable bonds is 2. The highest BCUT2D eigenvalue weighted by atomic mass is 19.1. The molecule has 26 heavy (non-hydrogen) atoms. The molecule has 2 aromatic carbocycles. The normalized spacial score (nSPS) is 14.7. The Morgan fingerprint density at radius 3 is 2.38 bits per heavy atom. The van der Waals surface area contributed by atoms with Gasteiger partial charge >= 0.3 is 0 Å². The van der Waals surface area contributed by atoms with Crippen LogP contribution in [-0.4, -0.2) is 37.0 Å². The summed E-state index contributed by atoms with van der Waals surface area (Å²) < 4.78 is 18.5. The minimum Gasteiger partial charge on any atom is -0.463 e. The molecule has 1 aliphatic heterocycles. The lowest BCUT2D eigenvalue weighted by Gasteiger charge is -2.36. The number of benzene rings is 2. The predicted octanol–water partition coefficient (Wildman–Crippen LogP) is 2.89. The Kier molecular flexibility index (Phi) is 4.16. The van der Waals surface area contributed by atoms with Gasteiger partial charge in [-0.15, -0.1) is 0 Å². The summed E-state index contributed by atoms with van der Waals surface area (Å²) in [5.41, 5.74) is 1.13. The first kappa shape index (κ1) is 16.3. The summed E-state index contributed by atoms with van der Waals surface area (Å²) in [7, 11) is 0. The van der Waals surface area contributed by atoms with Crippen molar-refractivity contribution in [2.45, 2.75) is 0 Å². The second-order valence-corrected chi connectivity index (χ2v) is 6.23. The van der Waals surface area contributed by atoms with E-state index in [-0.39, 0.29) is 22.7 Å². The number of amides is 1. The van der Waals surface area contributed by atoms with Crippen LogP contribution in [0.2, 0.25) is 0 Å². The molecule has 0 spiro atoms. The summed E-state index contributed by atoms with van der Waals surface area (Å²) in [4.78, 5) is 29.1. The van der Waals surface area contributed by atoms with Crippen LogP contribution in [-0.2, 0) is 0 Å². The second-order valence-electron chi connectivity index (χ2n) is 6.23. The molecular weight excluding hydrogens is 335 g/mol. The zero-order valence-electron chi connectivity index (χ0n) is 14.0. The molecule has 1 amide bonds. The van der Waals surface area contributed by atoms with Gasteiger partial charge in [-0.05, 0) is 36.4 Å². The minimum atomic E-state index is -0.316. The molecule has 4 rings (SSSR count). The lowest BCUT2D eigenvalue weighted by atomic mass is 10.1. The van der Waals surface area contributed by atoms with Gasteiger partial charge in [0.05, 0.1) is 5.39 Å². The average molecular weight is 352 g/mol. The number of carbonyl (C=O) groups is 1. The van der Waals surface area contributed by atoms with Crippen LogP contribution >= 0.6 is 0 Å². The third kappa shape index (κ3) is 2.94. The fourth-order valence-electron chi connectivity index (χ4n) is 3.22. The van der Waals surface area contributed by atoms with Crippen molar-refractivity contribution in [2.75, 3.05) is 31.1 Å². The van der Waals surface area contributed by atoms with E-state index in [1.165, 1.54) is 18.4 Å².